The van der Waals surface area contributed by atoms with Gasteiger partial charge in [-0.1, -0.05) is 24.3 Å². The number of hydrogen-bond donors (Lipinski definition) is 1. The molecule has 5 amide bonds. The van der Waals surface area contributed by atoms with Crippen LogP contribution in [0.3, 0.4) is 0 Å². The highest BCUT2D eigenvalue weighted by Crippen LogP contribution is 2.23. The van der Waals surface area contributed by atoms with Gasteiger partial charge in [-0.2, -0.15) is 0 Å². The Morgan fingerprint density at radius 1 is 1.23 bits per heavy atom. The third-order valence-corrected chi connectivity index (χ3v) is 4.00. The first-order valence-corrected chi connectivity index (χ1v) is 7.98. The number of amides is 5. The molecular formula is C18H17N3O5. The van der Waals surface area contributed by atoms with Crippen LogP contribution in [0, 0.1) is 0 Å². The van der Waals surface area contributed by atoms with E-state index in [4.69, 9.17) is 4.42 Å². The SMILES string of the molecule is C=CCN1C(=O)C(=O)N(CC(=O)N[C@H](C)c2cc3ccccc3o2)C1=O. The quantitative estimate of drug-likeness (QED) is 0.482. The Bertz CT molecular complexity index is 883. The fourth-order valence-corrected chi connectivity index (χ4v) is 2.70. The average molecular weight is 355 g/mol. The zero-order valence-corrected chi connectivity index (χ0v) is 14.1. The second-order valence-corrected chi connectivity index (χ2v) is 5.85. The lowest BCUT2D eigenvalue weighted by atomic mass is 10.2. The standard InChI is InChI=1S/C18H17N3O5/c1-3-8-20-16(23)17(24)21(18(20)25)10-15(22)19-11(2)14-9-12-6-4-5-7-13(12)26-14/h3-7,9,11H,1,8,10H2,2H3,(H,19,22)/t11-/m1/s1. The van der Waals surface area contributed by atoms with E-state index in [0.717, 1.165) is 10.3 Å². The summed E-state index contributed by atoms with van der Waals surface area (Å²) in [6.45, 7) is 4.52. The van der Waals surface area contributed by atoms with E-state index in [1.165, 1.54) is 6.08 Å². The van der Waals surface area contributed by atoms with Crippen molar-refractivity contribution in [3.8, 4) is 0 Å². The van der Waals surface area contributed by atoms with Crippen molar-refractivity contribution in [3.05, 3.63) is 48.7 Å². The molecule has 1 aromatic carbocycles. The average Bonchev–Trinajstić information content (AvgIpc) is 3.13. The Morgan fingerprint density at radius 3 is 2.62 bits per heavy atom. The van der Waals surface area contributed by atoms with E-state index in [2.05, 4.69) is 11.9 Å². The Labute approximate surface area is 149 Å². The molecule has 2 aromatic rings. The Kier molecular flexibility index (Phi) is 4.57. The molecule has 0 aliphatic carbocycles. The number of furan rings is 1. The minimum absolute atomic E-state index is 0.0864. The third kappa shape index (κ3) is 3.08. The monoisotopic (exact) mass is 355 g/mol. The predicted octanol–water partition coefficient (Wildman–Crippen LogP) is 1.59. The predicted molar refractivity (Wildman–Crippen MR) is 91.8 cm³/mol. The van der Waals surface area contributed by atoms with Crippen molar-refractivity contribution in [3.63, 3.8) is 0 Å². The van der Waals surface area contributed by atoms with Crippen molar-refractivity contribution < 1.29 is 23.6 Å². The van der Waals surface area contributed by atoms with Gasteiger partial charge in [0.2, 0.25) is 5.91 Å². The number of rotatable bonds is 6. The lowest BCUT2D eigenvalue weighted by Gasteiger charge is -2.16. The van der Waals surface area contributed by atoms with Crippen LogP contribution in [0.5, 0.6) is 0 Å². The molecule has 1 aliphatic rings. The van der Waals surface area contributed by atoms with Crippen molar-refractivity contribution in [2.45, 2.75) is 13.0 Å². The molecule has 1 saturated heterocycles. The number of nitrogens with one attached hydrogen (secondary N) is 1. The van der Waals surface area contributed by atoms with Gasteiger partial charge in [0.1, 0.15) is 17.9 Å². The second kappa shape index (κ2) is 6.83. The molecule has 8 heteroatoms. The highest BCUT2D eigenvalue weighted by atomic mass is 16.3. The molecule has 1 atom stereocenters. The van der Waals surface area contributed by atoms with Gasteiger partial charge in [-0.25, -0.2) is 9.69 Å². The summed E-state index contributed by atoms with van der Waals surface area (Å²) in [5.41, 5.74) is 0.694. The van der Waals surface area contributed by atoms with E-state index in [1.807, 2.05) is 30.3 Å². The summed E-state index contributed by atoms with van der Waals surface area (Å²) in [6, 6.07) is 7.93. The van der Waals surface area contributed by atoms with E-state index in [1.54, 1.807) is 6.92 Å². The summed E-state index contributed by atoms with van der Waals surface area (Å²) in [4.78, 5) is 49.3. The lowest BCUT2D eigenvalue weighted by molar-refractivity contribution is -0.143. The molecule has 8 nitrogen and oxygen atoms in total. The van der Waals surface area contributed by atoms with Crippen molar-refractivity contribution in [2.75, 3.05) is 13.1 Å². The minimum Gasteiger partial charge on any atom is -0.459 e. The zero-order valence-electron chi connectivity index (χ0n) is 14.1. The molecule has 2 heterocycles. The minimum atomic E-state index is -1.02. The van der Waals surface area contributed by atoms with Gasteiger partial charge in [-0.3, -0.25) is 19.3 Å². The van der Waals surface area contributed by atoms with Crippen LogP contribution in [0.25, 0.3) is 11.0 Å². The number of fused-ring (bicyclic) bond motifs is 1. The fraction of sp³-hybridized carbons (Fsp3) is 0.222. The number of para-hydroxylation sites is 1. The van der Waals surface area contributed by atoms with Crippen molar-refractivity contribution in [1.82, 2.24) is 15.1 Å². The highest BCUT2D eigenvalue weighted by Gasteiger charge is 2.44. The Morgan fingerprint density at radius 2 is 1.92 bits per heavy atom. The topological polar surface area (TPSA) is 99.9 Å². The molecule has 0 bridgehead atoms. The molecule has 1 N–H and O–H groups in total. The molecule has 0 radical (unpaired) electrons. The second-order valence-electron chi connectivity index (χ2n) is 5.85. The van der Waals surface area contributed by atoms with Crippen molar-refractivity contribution >= 4 is 34.7 Å². The summed E-state index contributed by atoms with van der Waals surface area (Å²) in [6.07, 6.45) is 1.33. The summed E-state index contributed by atoms with van der Waals surface area (Å²) < 4.78 is 5.67. The van der Waals surface area contributed by atoms with E-state index in [0.29, 0.717) is 16.2 Å². The van der Waals surface area contributed by atoms with Gasteiger partial charge in [-0.05, 0) is 19.1 Å². The van der Waals surface area contributed by atoms with Crippen LogP contribution in [0.1, 0.15) is 18.7 Å². The Balaban J connectivity index is 1.66. The third-order valence-electron chi connectivity index (χ3n) is 4.00. The first-order chi connectivity index (χ1) is 12.4. The number of urea groups is 1. The summed E-state index contributed by atoms with van der Waals surface area (Å²) in [7, 11) is 0. The van der Waals surface area contributed by atoms with Crippen LogP contribution in [0.2, 0.25) is 0 Å². The smallest absolute Gasteiger partial charge is 0.335 e. The first-order valence-electron chi connectivity index (χ1n) is 7.98. The number of benzene rings is 1. The molecule has 1 aliphatic heterocycles. The van der Waals surface area contributed by atoms with Gasteiger partial charge in [0.15, 0.2) is 0 Å². The highest BCUT2D eigenvalue weighted by molar-refractivity contribution is 6.45. The number of nitrogens with zero attached hydrogens (tertiary/aromatic N) is 2. The summed E-state index contributed by atoms with van der Waals surface area (Å²) in [5, 5.41) is 3.56. The molecule has 1 fully saturated rings. The molecule has 134 valence electrons. The van der Waals surface area contributed by atoms with Gasteiger partial charge in [-0.15, -0.1) is 6.58 Å². The number of carbonyl (C=O) groups is 4. The lowest BCUT2D eigenvalue weighted by Crippen LogP contribution is -2.42. The molecule has 0 unspecified atom stereocenters. The molecule has 3 rings (SSSR count). The van der Waals surface area contributed by atoms with Gasteiger partial charge >= 0.3 is 17.8 Å². The number of imide groups is 2. The van der Waals surface area contributed by atoms with Crippen molar-refractivity contribution in [1.29, 1.82) is 0 Å². The van der Waals surface area contributed by atoms with Crippen LogP contribution in [-0.2, 0) is 14.4 Å². The van der Waals surface area contributed by atoms with Gasteiger partial charge in [0.05, 0.1) is 6.04 Å². The molecule has 26 heavy (non-hydrogen) atoms. The molecule has 1 aromatic heterocycles. The van der Waals surface area contributed by atoms with Gasteiger partial charge in [0.25, 0.3) is 0 Å². The maximum atomic E-state index is 12.2. The van der Waals surface area contributed by atoms with E-state index < -0.39 is 36.3 Å². The fourth-order valence-electron chi connectivity index (χ4n) is 2.70. The van der Waals surface area contributed by atoms with Crippen LogP contribution in [0.15, 0.2) is 47.4 Å². The maximum Gasteiger partial charge on any atom is 0.335 e. The Hall–Kier alpha value is -3.42. The van der Waals surface area contributed by atoms with E-state index in [-0.39, 0.29) is 6.54 Å². The number of carbonyl (C=O) groups excluding carboxylic acids is 4. The van der Waals surface area contributed by atoms with Crippen molar-refractivity contribution in [2.24, 2.45) is 0 Å². The van der Waals surface area contributed by atoms with Crippen LogP contribution in [-0.4, -0.2) is 46.6 Å². The molecular weight excluding hydrogens is 338 g/mol. The zero-order chi connectivity index (χ0) is 18.8. The first kappa shape index (κ1) is 17.4. The normalized spacial score (nSPS) is 15.7. The maximum absolute atomic E-state index is 12.2. The summed E-state index contributed by atoms with van der Waals surface area (Å²) in [5.74, 6) is -2.02. The molecule has 0 spiro atoms. The summed E-state index contributed by atoms with van der Waals surface area (Å²) >= 11 is 0. The largest absolute Gasteiger partial charge is 0.459 e. The number of hydrogen-bond acceptors (Lipinski definition) is 5. The molecule has 0 saturated carbocycles. The van der Waals surface area contributed by atoms with Crippen LogP contribution in [0.4, 0.5) is 4.79 Å². The van der Waals surface area contributed by atoms with Gasteiger partial charge in [0, 0.05) is 11.9 Å². The van der Waals surface area contributed by atoms with Gasteiger partial charge < -0.3 is 9.73 Å². The van der Waals surface area contributed by atoms with Crippen LogP contribution < -0.4 is 5.32 Å². The van der Waals surface area contributed by atoms with E-state index in [9.17, 15) is 19.2 Å². The van der Waals surface area contributed by atoms with E-state index >= 15 is 0 Å². The van der Waals surface area contributed by atoms with Crippen LogP contribution >= 0.6 is 0 Å².